The summed E-state index contributed by atoms with van der Waals surface area (Å²) in [5.41, 5.74) is 4.60. The Hall–Kier alpha value is -3.21. The number of nitrogens with zero attached hydrogens (tertiary/aromatic N) is 1. The topological polar surface area (TPSA) is 54.0 Å². The molecule has 0 saturated heterocycles. The molecule has 1 heterocycles. The predicted molar refractivity (Wildman–Crippen MR) is 97.8 cm³/mol. The number of anilines is 3. The zero-order valence-electron chi connectivity index (χ0n) is 14.0. The number of hydrogen-bond donors (Lipinski definition) is 2. The summed E-state index contributed by atoms with van der Waals surface area (Å²) in [6.45, 7) is 3.90. The molecule has 3 aromatic rings. The highest BCUT2D eigenvalue weighted by Gasteiger charge is 2.10. The molecule has 0 unspecified atom stereocenters. The quantitative estimate of drug-likeness (QED) is 0.718. The van der Waals surface area contributed by atoms with Gasteiger partial charge in [0.05, 0.1) is 11.9 Å². The number of nitrogens with one attached hydrogen (secondary N) is 2. The van der Waals surface area contributed by atoms with E-state index in [2.05, 4.69) is 15.6 Å². The van der Waals surface area contributed by atoms with E-state index in [4.69, 9.17) is 0 Å². The first-order valence-corrected chi connectivity index (χ1v) is 7.89. The number of rotatable bonds is 4. The molecule has 0 saturated carbocycles. The molecule has 0 aliphatic carbocycles. The number of benzene rings is 2. The van der Waals surface area contributed by atoms with Crippen molar-refractivity contribution in [1.82, 2.24) is 4.98 Å². The molecule has 2 aromatic carbocycles. The summed E-state index contributed by atoms with van der Waals surface area (Å²) in [5, 5.41) is 6.01. The monoisotopic (exact) mass is 335 g/mol. The normalized spacial score (nSPS) is 10.4. The van der Waals surface area contributed by atoms with Crippen LogP contribution in [0.15, 0.2) is 60.8 Å². The summed E-state index contributed by atoms with van der Waals surface area (Å²) in [6.07, 6.45) is 1.57. The molecular formula is C20H18FN3O. The van der Waals surface area contributed by atoms with Gasteiger partial charge in [-0.15, -0.1) is 0 Å². The molecule has 0 spiro atoms. The first kappa shape index (κ1) is 16.6. The number of amides is 1. The highest BCUT2D eigenvalue weighted by Crippen LogP contribution is 2.21. The van der Waals surface area contributed by atoms with Crippen LogP contribution in [0.25, 0.3) is 0 Å². The first-order valence-electron chi connectivity index (χ1n) is 7.89. The minimum absolute atomic E-state index is 0.259. The largest absolute Gasteiger partial charge is 0.354 e. The SMILES string of the molecule is Cc1cccc(C)c1NC(=O)c1ccc(Nc2ccc(F)cc2)cn1. The maximum Gasteiger partial charge on any atom is 0.274 e. The van der Waals surface area contributed by atoms with Crippen molar-refractivity contribution in [3.8, 4) is 0 Å². The van der Waals surface area contributed by atoms with Gasteiger partial charge < -0.3 is 10.6 Å². The Morgan fingerprint density at radius 2 is 1.56 bits per heavy atom. The lowest BCUT2D eigenvalue weighted by Crippen LogP contribution is -2.15. The van der Waals surface area contributed by atoms with Gasteiger partial charge in [-0.25, -0.2) is 9.37 Å². The lowest BCUT2D eigenvalue weighted by atomic mass is 10.1. The van der Waals surface area contributed by atoms with Gasteiger partial charge in [0.2, 0.25) is 0 Å². The van der Waals surface area contributed by atoms with Crippen molar-refractivity contribution >= 4 is 23.0 Å². The molecule has 1 aromatic heterocycles. The van der Waals surface area contributed by atoms with Crippen LogP contribution >= 0.6 is 0 Å². The minimum atomic E-state index is -0.290. The summed E-state index contributed by atoms with van der Waals surface area (Å²) in [5.74, 6) is -0.548. The van der Waals surface area contributed by atoms with E-state index in [0.29, 0.717) is 5.69 Å². The van der Waals surface area contributed by atoms with E-state index >= 15 is 0 Å². The average molecular weight is 335 g/mol. The van der Waals surface area contributed by atoms with Crippen LogP contribution < -0.4 is 10.6 Å². The summed E-state index contributed by atoms with van der Waals surface area (Å²) in [7, 11) is 0. The van der Waals surface area contributed by atoms with Gasteiger partial charge in [0, 0.05) is 11.4 Å². The number of aromatic nitrogens is 1. The second-order valence-corrected chi connectivity index (χ2v) is 5.78. The molecule has 0 fully saturated rings. The zero-order chi connectivity index (χ0) is 17.8. The van der Waals surface area contributed by atoms with Crippen LogP contribution in [0.2, 0.25) is 0 Å². The highest BCUT2D eigenvalue weighted by molar-refractivity contribution is 6.03. The standard InChI is InChI=1S/C20H18FN3O/c1-13-4-3-5-14(2)19(13)24-20(25)18-11-10-17(12-22-18)23-16-8-6-15(21)7-9-16/h3-12,23H,1-2H3,(H,24,25). The lowest BCUT2D eigenvalue weighted by Gasteiger charge is -2.11. The van der Waals surface area contributed by atoms with E-state index in [-0.39, 0.29) is 11.7 Å². The summed E-state index contributed by atoms with van der Waals surface area (Å²) in [6, 6.07) is 15.3. The number of carbonyl (C=O) groups excluding carboxylic acids is 1. The lowest BCUT2D eigenvalue weighted by molar-refractivity contribution is 0.102. The summed E-state index contributed by atoms with van der Waals surface area (Å²) < 4.78 is 12.9. The van der Waals surface area contributed by atoms with Crippen LogP contribution in [0.5, 0.6) is 0 Å². The Morgan fingerprint density at radius 1 is 0.920 bits per heavy atom. The molecule has 1 amide bonds. The third-order valence-corrected chi connectivity index (χ3v) is 3.85. The van der Waals surface area contributed by atoms with Gasteiger partial charge in [0.1, 0.15) is 11.5 Å². The van der Waals surface area contributed by atoms with E-state index in [9.17, 15) is 9.18 Å². The third kappa shape index (κ3) is 4.01. The van der Waals surface area contributed by atoms with E-state index < -0.39 is 0 Å². The van der Waals surface area contributed by atoms with Crippen molar-refractivity contribution in [3.63, 3.8) is 0 Å². The van der Waals surface area contributed by atoms with Crippen LogP contribution in [0, 0.1) is 19.7 Å². The number of halogens is 1. The van der Waals surface area contributed by atoms with Gasteiger partial charge in [-0.2, -0.15) is 0 Å². The Kier molecular flexibility index (Phi) is 4.75. The van der Waals surface area contributed by atoms with Gasteiger partial charge >= 0.3 is 0 Å². The molecule has 0 radical (unpaired) electrons. The van der Waals surface area contributed by atoms with Crippen molar-refractivity contribution in [3.05, 3.63) is 83.4 Å². The number of pyridine rings is 1. The minimum Gasteiger partial charge on any atom is -0.354 e. The van der Waals surface area contributed by atoms with Gasteiger partial charge in [-0.1, -0.05) is 18.2 Å². The van der Waals surface area contributed by atoms with Gasteiger partial charge in [-0.3, -0.25) is 4.79 Å². The molecule has 0 aliphatic rings. The van der Waals surface area contributed by atoms with Crippen LogP contribution in [-0.4, -0.2) is 10.9 Å². The van der Waals surface area contributed by atoms with Gasteiger partial charge in [0.25, 0.3) is 5.91 Å². The highest BCUT2D eigenvalue weighted by atomic mass is 19.1. The summed E-state index contributed by atoms with van der Waals surface area (Å²) >= 11 is 0. The van der Waals surface area contributed by atoms with Crippen molar-refractivity contribution < 1.29 is 9.18 Å². The van der Waals surface area contributed by atoms with Crippen LogP contribution in [0.1, 0.15) is 21.6 Å². The Balaban J connectivity index is 1.71. The first-order chi connectivity index (χ1) is 12.0. The number of carbonyl (C=O) groups is 1. The Morgan fingerprint density at radius 3 is 2.16 bits per heavy atom. The van der Waals surface area contributed by atoms with Crippen molar-refractivity contribution in [2.24, 2.45) is 0 Å². The fraction of sp³-hybridized carbons (Fsp3) is 0.100. The average Bonchev–Trinajstić information content (AvgIpc) is 2.61. The van der Waals surface area contributed by atoms with Crippen molar-refractivity contribution in [2.75, 3.05) is 10.6 Å². The number of para-hydroxylation sites is 1. The predicted octanol–water partition coefficient (Wildman–Crippen LogP) is 4.83. The van der Waals surface area contributed by atoms with E-state index in [1.54, 1.807) is 30.5 Å². The van der Waals surface area contributed by atoms with Crippen molar-refractivity contribution in [1.29, 1.82) is 0 Å². The van der Waals surface area contributed by atoms with Gasteiger partial charge in [-0.05, 0) is 61.4 Å². The van der Waals surface area contributed by atoms with E-state index in [1.807, 2.05) is 32.0 Å². The smallest absolute Gasteiger partial charge is 0.274 e. The maximum absolute atomic E-state index is 12.9. The number of hydrogen-bond acceptors (Lipinski definition) is 3. The second kappa shape index (κ2) is 7.13. The molecule has 4 nitrogen and oxygen atoms in total. The molecule has 126 valence electrons. The fourth-order valence-corrected chi connectivity index (χ4v) is 2.49. The van der Waals surface area contributed by atoms with Crippen molar-refractivity contribution in [2.45, 2.75) is 13.8 Å². The molecule has 3 rings (SSSR count). The molecule has 0 aliphatic heterocycles. The Labute approximate surface area is 145 Å². The molecule has 0 atom stereocenters. The van der Waals surface area contributed by atoms with Crippen LogP contribution in [0.4, 0.5) is 21.5 Å². The summed E-state index contributed by atoms with van der Waals surface area (Å²) in [4.78, 5) is 16.6. The molecule has 25 heavy (non-hydrogen) atoms. The zero-order valence-corrected chi connectivity index (χ0v) is 14.0. The maximum atomic E-state index is 12.9. The van der Waals surface area contributed by atoms with E-state index in [1.165, 1.54) is 12.1 Å². The van der Waals surface area contributed by atoms with Crippen LogP contribution in [0.3, 0.4) is 0 Å². The van der Waals surface area contributed by atoms with E-state index in [0.717, 1.165) is 28.2 Å². The molecule has 2 N–H and O–H groups in total. The molecular weight excluding hydrogens is 317 g/mol. The van der Waals surface area contributed by atoms with Crippen LogP contribution in [-0.2, 0) is 0 Å². The third-order valence-electron chi connectivity index (χ3n) is 3.85. The second-order valence-electron chi connectivity index (χ2n) is 5.78. The Bertz CT molecular complexity index is 870. The molecule has 5 heteroatoms. The fourth-order valence-electron chi connectivity index (χ4n) is 2.49. The van der Waals surface area contributed by atoms with Gasteiger partial charge in [0.15, 0.2) is 0 Å². The molecule has 0 bridgehead atoms. The number of aryl methyl sites for hydroxylation is 2.